The number of pyridine rings is 1. The average Bonchev–Trinajstić information content (AvgIpc) is 3.20. The van der Waals surface area contributed by atoms with Crippen LogP contribution in [-0.4, -0.2) is 74.4 Å². The molecule has 33 heavy (non-hydrogen) atoms. The van der Waals surface area contributed by atoms with Gasteiger partial charge >= 0.3 is 12.1 Å². The normalized spacial score (nSPS) is 22.5. The van der Waals surface area contributed by atoms with Gasteiger partial charge in [-0.2, -0.15) is 13.2 Å². The molecule has 4 rings (SSSR count). The summed E-state index contributed by atoms with van der Waals surface area (Å²) < 4.78 is 43.9. The number of carboxylic acid groups (broad SMARTS) is 1. The lowest BCUT2D eigenvalue weighted by Crippen LogP contribution is -2.50. The van der Waals surface area contributed by atoms with E-state index in [9.17, 15) is 18.0 Å². The number of carbonyl (C=O) groups excluding carboxylic acids is 1. The number of hydrogen-bond donors (Lipinski definition) is 1. The Balaban J connectivity index is 0.000000383. The van der Waals surface area contributed by atoms with Gasteiger partial charge in [0.1, 0.15) is 12.0 Å². The Hall–Kier alpha value is -3.12. The van der Waals surface area contributed by atoms with Crippen molar-refractivity contribution in [1.82, 2.24) is 19.9 Å². The van der Waals surface area contributed by atoms with E-state index in [2.05, 4.69) is 15.0 Å². The van der Waals surface area contributed by atoms with Gasteiger partial charge in [0.05, 0.1) is 31.5 Å². The van der Waals surface area contributed by atoms with E-state index in [4.69, 9.17) is 19.4 Å². The Morgan fingerprint density at radius 3 is 2.70 bits per heavy atom. The van der Waals surface area contributed by atoms with Crippen LogP contribution in [0.25, 0.3) is 0 Å². The van der Waals surface area contributed by atoms with Crippen LogP contribution in [0.5, 0.6) is 0 Å². The van der Waals surface area contributed by atoms with Crippen LogP contribution in [0.15, 0.2) is 43.1 Å². The summed E-state index contributed by atoms with van der Waals surface area (Å²) in [5.74, 6) is -2.82. The van der Waals surface area contributed by atoms with E-state index in [-0.39, 0.29) is 17.6 Å². The van der Waals surface area contributed by atoms with E-state index in [1.165, 1.54) is 6.33 Å². The number of halogens is 3. The second-order valence-electron chi connectivity index (χ2n) is 7.72. The van der Waals surface area contributed by atoms with E-state index in [1.807, 2.05) is 23.2 Å². The first-order valence-corrected chi connectivity index (χ1v) is 10.2. The van der Waals surface area contributed by atoms with E-state index in [1.54, 1.807) is 18.5 Å². The maximum absolute atomic E-state index is 12.7. The molecule has 2 aliphatic rings. The van der Waals surface area contributed by atoms with Crippen molar-refractivity contribution in [3.8, 4) is 0 Å². The molecule has 2 saturated heterocycles. The van der Waals surface area contributed by atoms with Gasteiger partial charge in [0.15, 0.2) is 0 Å². The third-order valence-electron chi connectivity index (χ3n) is 5.25. The van der Waals surface area contributed by atoms with Crippen molar-refractivity contribution in [1.29, 1.82) is 0 Å². The predicted molar refractivity (Wildman–Crippen MR) is 107 cm³/mol. The third-order valence-corrected chi connectivity index (χ3v) is 5.25. The van der Waals surface area contributed by atoms with Crippen LogP contribution in [-0.2, 0) is 20.9 Å². The largest absolute Gasteiger partial charge is 0.490 e. The number of likely N-dealkylation sites (tertiary alicyclic amines) is 1. The number of carbonyl (C=O) groups is 2. The zero-order valence-electron chi connectivity index (χ0n) is 17.6. The predicted octanol–water partition coefficient (Wildman–Crippen LogP) is 2.49. The summed E-state index contributed by atoms with van der Waals surface area (Å²) in [6.07, 6.45) is 4.21. The standard InChI is InChI=1S/C19H22N4O3.C2HF3O2/c24-18(17-4-7-21-14-22-17)23-8-2-5-19(13-23)9-16(12-26-19)25-11-15-3-1-6-20-10-15;3-2(4,5)1(6)7/h1,3-4,6-7,10,14,16H,2,5,8-9,11-13H2;(H,6,7)/t16-,19-;/m0./s1. The fourth-order valence-electron chi connectivity index (χ4n) is 3.74. The minimum atomic E-state index is -5.08. The fraction of sp³-hybridized carbons (Fsp3) is 0.476. The molecule has 2 aliphatic heterocycles. The first-order chi connectivity index (χ1) is 15.7. The Bertz CT molecular complexity index is 933. The highest BCUT2D eigenvalue weighted by molar-refractivity contribution is 5.92. The van der Waals surface area contributed by atoms with Crippen LogP contribution in [0.4, 0.5) is 13.2 Å². The van der Waals surface area contributed by atoms with Crippen molar-refractivity contribution in [2.45, 2.75) is 43.8 Å². The molecule has 2 atom stereocenters. The van der Waals surface area contributed by atoms with Gasteiger partial charge in [-0.25, -0.2) is 14.8 Å². The van der Waals surface area contributed by atoms with Crippen molar-refractivity contribution in [3.05, 3.63) is 54.4 Å². The van der Waals surface area contributed by atoms with Gasteiger partial charge in [-0.15, -0.1) is 0 Å². The SMILES string of the molecule is O=C(O)C(F)(F)F.O=C(c1ccncn1)N1CCC[C@]2(C[C@H](OCc3cccnc3)CO2)C1. The maximum atomic E-state index is 12.7. The van der Waals surface area contributed by atoms with E-state index < -0.39 is 12.1 Å². The molecular formula is C21H23F3N4O5. The van der Waals surface area contributed by atoms with Gasteiger partial charge < -0.3 is 19.5 Å². The first-order valence-electron chi connectivity index (χ1n) is 10.2. The Morgan fingerprint density at radius 1 is 1.27 bits per heavy atom. The molecule has 2 aromatic rings. The summed E-state index contributed by atoms with van der Waals surface area (Å²) in [4.78, 5) is 35.5. The van der Waals surface area contributed by atoms with Gasteiger partial charge in [-0.3, -0.25) is 9.78 Å². The number of aliphatic carboxylic acids is 1. The molecule has 0 radical (unpaired) electrons. The number of amides is 1. The zero-order valence-corrected chi connectivity index (χ0v) is 17.6. The third kappa shape index (κ3) is 6.93. The second kappa shape index (κ2) is 10.7. The molecule has 0 saturated carbocycles. The van der Waals surface area contributed by atoms with Crippen LogP contribution in [0.2, 0.25) is 0 Å². The molecule has 1 spiro atoms. The smallest absolute Gasteiger partial charge is 0.475 e. The molecule has 12 heteroatoms. The van der Waals surface area contributed by atoms with Crippen molar-refractivity contribution < 1.29 is 37.3 Å². The van der Waals surface area contributed by atoms with Crippen LogP contribution in [0.3, 0.4) is 0 Å². The maximum Gasteiger partial charge on any atom is 0.490 e. The minimum absolute atomic E-state index is 0.0457. The quantitative estimate of drug-likeness (QED) is 0.728. The summed E-state index contributed by atoms with van der Waals surface area (Å²) in [6.45, 7) is 2.41. The molecule has 2 fully saturated rings. The summed E-state index contributed by atoms with van der Waals surface area (Å²) in [5.41, 5.74) is 1.18. The molecule has 9 nitrogen and oxygen atoms in total. The zero-order chi connectivity index (χ0) is 23.9. The van der Waals surface area contributed by atoms with Gasteiger partial charge in [0, 0.05) is 31.6 Å². The van der Waals surface area contributed by atoms with Crippen LogP contribution >= 0.6 is 0 Å². The Morgan fingerprint density at radius 2 is 2.06 bits per heavy atom. The summed E-state index contributed by atoms with van der Waals surface area (Å²) in [7, 11) is 0. The van der Waals surface area contributed by atoms with Crippen molar-refractivity contribution in [3.63, 3.8) is 0 Å². The Labute approximate surface area is 187 Å². The monoisotopic (exact) mass is 468 g/mol. The number of aromatic nitrogens is 3. The highest BCUT2D eigenvalue weighted by Crippen LogP contribution is 2.36. The molecule has 178 valence electrons. The van der Waals surface area contributed by atoms with Gasteiger partial charge in [0.25, 0.3) is 5.91 Å². The summed E-state index contributed by atoms with van der Waals surface area (Å²) in [6, 6.07) is 5.56. The number of ether oxygens (including phenoxy) is 2. The van der Waals surface area contributed by atoms with Crippen molar-refractivity contribution in [2.24, 2.45) is 0 Å². The number of hydrogen-bond acceptors (Lipinski definition) is 7. The van der Waals surface area contributed by atoms with Gasteiger partial charge in [0.2, 0.25) is 0 Å². The highest BCUT2D eigenvalue weighted by atomic mass is 19.4. The molecule has 0 unspecified atom stereocenters. The molecule has 0 aromatic carbocycles. The van der Waals surface area contributed by atoms with Gasteiger partial charge in [-0.1, -0.05) is 6.07 Å². The summed E-state index contributed by atoms with van der Waals surface area (Å²) in [5, 5.41) is 7.12. The van der Waals surface area contributed by atoms with Gasteiger partial charge in [-0.05, 0) is 30.5 Å². The number of alkyl halides is 3. The minimum Gasteiger partial charge on any atom is -0.475 e. The van der Waals surface area contributed by atoms with E-state index in [0.29, 0.717) is 25.5 Å². The molecule has 0 bridgehead atoms. The molecule has 2 aromatic heterocycles. The number of nitrogens with zero attached hydrogens (tertiary/aromatic N) is 4. The van der Waals surface area contributed by atoms with Crippen molar-refractivity contribution >= 4 is 11.9 Å². The van der Waals surface area contributed by atoms with Crippen LogP contribution in [0.1, 0.15) is 35.3 Å². The molecular weight excluding hydrogens is 445 g/mol. The van der Waals surface area contributed by atoms with Crippen LogP contribution in [0, 0.1) is 0 Å². The Kier molecular flexibility index (Phi) is 7.92. The second-order valence-corrected chi connectivity index (χ2v) is 7.72. The number of carboxylic acids is 1. The number of rotatable bonds is 4. The van der Waals surface area contributed by atoms with E-state index >= 15 is 0 Å². The molecule has 1 N–H and O–H groups in total. The molecule has 1 amide bonds. The van der Waals surface area contributed by atoms with E-state index in [0.717, 1.165) is 31.4 Å². The topological polar surface area (TPSA) is 115 Å². The lowest BCUT2D eigenvalue weighted by atomic mass is 9.89. The number of piperidine rings is 1. The average molecular weight is 468 g/mol. The first kappa shape index (κ1) is 24.5. The fourth-order valence-corrected chi connectivity index (χ4v) is 3.74. The van der Waals surface area contributed by atoms with Crippen molar-refractivity contribution in [2.75, 3.05) is 19.7 Å². The highest BCUT2D eigenvalue weighted by Gasteiger charge is 2.45. The molecule has 4 heterocycles. The molecule has 0 aliphatic carbocycles. The summed E-state index contributed by atoms with van der Waals surface area (Å²) >= 11 is 0. The lowest BCUT2D eigenvalue weighted by molar-refractivity contribution is -0.192. The lowest BCUT2D eigenvalue weighted by Gasteiger charge is -2.39. The van der Waals surface area contributed by atoms with Crippen LogP contribution < -0.4 is 0 Å².